The molecule has 1 amide bonds. The fourth-order valence-electron chi connectivity index (χ4n) is 1.73. The molecule has 0 bridgehead atoms. The van der Waals surface area contributed by atoms with Crippen molar-refractivity contribution >= 4 is 6.09 Å². The summed E-state index contributed by atoms with van der Waals surface area (Å²) in [4.78, 5) is 10.6. The third kappa shape index (κ3) is 2.75. The molecule has 0 spiro atoms. The number of aliphatic hydroxyl groups is 1. The van der Waals surface area contributed by atoms with E-state index in [1.807, 2.05) is 0 Å². The van der Waals surface area contributed by atoms with Crippen molar-refractivity contribution in [1.29, 1.82) is 0 Å². The van der Waals surface area contributed by atoms with Crippen LogP contribution in [0.3, 0.4) is 0 Å². The van der Waals surface area contributed by atoms with Crippen molar-refractivity contribution in [3.8, 4) is 0 Å². The number of primary amides is 1. The van der Waals surface area contributed by atoms with Crippen molar-refractivity contribution < 1.29 is 23.4 Å². The maximum Gasteiger partial charge on any atom is 0.405 e. The molecule has 0 aromatic heterocycles. The number of nitrogens with two attached hydrogens (primary N) is 1. The van der Waals surface area contributed by atoms with Gasteiger partial charge in [0.15, 0.2) is 11.7 Å². The number of hydrogen-bond donors (Lipinski definition) is 3. The third-order valence-electron chi connectivity index (χ3n) is 2.46. The first-order valence-corrected chi connectivity index (χ1v) is 4.63. The van der Waals surface area contributed by atoms with E-state index >= 15 is 0 Å². The molecule has 0 radical (unpaired) electrons. The Labute approximate surface area is 85.6 Å². The minimum Gasteiger partial charge on any atom is -0.439 e. The summed E-state index contributed by atoms with van der Waals surface area (Å²) in [5.74, 6) is 0. The van der Waals surface area contributed by atoms with Crippen molar-refractivity contribution in [2.45, 2.75) is 31.0 Å². The molecule has 5 nitrogen and oxygen atoms in total. The van der Waals surface area contributed by atoms with Gasteiger partial charge in [-0.25, -0.2) is 13.6 Å². The highest BCUT2D eigenvalue weighted by atomic mass is 19.3. The normalized spacial score (nSPS) is 28.8. The predicted molar refractivity (Wildman–Crippen MR) is 47.5 cm³/mol. The Morgan fingerprint density at radius 3 is 2.67 bits per heavy atom. The smallest absolute Gasteiger partial charge is 0.405 e. The molecule has 1 saturated heterocycles. The predicted octanol–water partition coefficient (Wildman–Crippen LogP) is -0.170. The highest BCUT2D eigenvalue weighted by molar-refractivity contribution is 5.65. The third-order valence-corrected chi connectivity index (χ3v) is 2.46. The van der Waals surface area contributed by atoms with Crippen molar-refractivity contribution in [2.75, 3.05) is 13.1 Å². The largest absolute Gasteiger partial charge is 0.439 e. The minimum atomic E-state index is -2.97. The van der Waals surface area contributed by atoms with Gasteiger partial charge in [-0.15, -0.1) is 0 Å². The van der Waals surface area contributed by atoms with Crippen LogP contribution >= 0.6 is 0 Å². The lowest BCUT2D eigenvalue weighted by atomic mass is 9.88. The van der Waals surface area contributed by atoms with E-state index in [-0.39, 0.29) is 13.0 Å². The number of rotatable bonds is 3. The topological polar surface area (TPSA) is 84.6 Å². The minimum absolute atomic E-state index is 0.0125. The van der Waals surface area contributed by atoms with Gasteiger partial charge < -0.3 is 20.9 Å². The molecule has 1 fully saturated rings. The van der Waals surface area contributed by atoms with Crippen molar-refractivity contribution in [3.63, 3.8) is 0 Å². The molecule has 0 saturated carbocycles. The van der Waals surface area contributed by atoms with Crippen LogP contribution in [0.5, 0.6) is 0 Å². The van der Waals surface area contributed by atoms with Gasteiger partial charge in [-0.05, 0) is 19.4 Å². The summed E-state index contributed by atoms with van der Waals surface area (Å²) in [6, 6.07) is 0. The quantitative estimate of drug-likeness (QED) is 0.621. The fraction of sp³-hybridized carbons (Fsp3) is 0.875. The van der Waals surface area contributed by atoms with Gasteiger partial charge in [0.05, 0.1) is 0 Å². The average Bonchev–Trinajstić information content (AvgIpc) is 2.16. The highest BCUT2D eigenvalue weighted by Crippen LogP contribution is 2.28. The summed E-state index contributed by atoms with van der Waals surface area (Å²) in [7, 11) is 0. The monoisotopic (exact) mass is 224 g/mol. The van der Waals surface area contributed by atoms with Gasteiger partial charge in [0.2, 0.25) is 0 Å². The molecule has 0 aromatic carbocycles. The molecular weight excluding hydrogens is 210 g/mol. The molecule has 1 heterocycles. The lowest BCUT2D eigenvalue weighted by Gasteiger charge is -2.39. The zero-order valence-corrected chi connectivity index (χ0v) is 8.08. The van der Waals surface area contributed by atoms with Crippen LogP contribution in [0, 0.1) is 0 Å². The standard InChI is InChI=1S/C8H14F2N2O3/c9-6(10)5(13)8(15-7(11)14)2-1-3-12-4-8/h5-6,12-13H,1-4H2,(H2,11,14). The molecular formula is C8H14F2N2O3. The van der Waals surface area contributed by atoms with Gasteiger partial charge >= 0.3 is 6.09 Å². The lowest BCUT2D eigenvalue weighted by Crippen LogP contribution is -2.59. The zero-order chi connectivity index (χ0) is 11.5. The number of hydrogen-bond acceptors (Lipinski definition) is 4. The number of halogens is 2. The number of aliphatic hydroxyl groups excluding tert-OH is 1. The molecule has 7 heteroatoms. The average molecular weight is 224 g/mol. The second kappa shape index (κ2) is 4.71. The maximum absolute atomic E-state index is 12.4. The van der Waals surface area contributed by atoms with Gasteiger partial charge in [0.25, 0.3) is 6.43 Å². The van der Waals surface area contributed by atoms with E-state index < -0.39 is 24.2 Å². The number of carbonyl (C=O) groups excluding carboxylic acids is 1. The Hall–Kier alpha value is -0.950. The molecule has 15 heavy (non-hydrogen) atoms. The van der Waals surface area contributed by atoms with E-state index in [0.29, 0.717) is 13.0 Å². The molecule has 2 atom stereocenters. The van der Waals surface area contributed by atoms with Crippen LogP contribution in [0.4, 0.5) is 13.6 Å². The summed E-state index contributed by atoms with van der Waals surface area (Å²) in [5.41, 5.74) is 3.20. The maximum atomic E-state index is 12.4. The van der Waals surface area contributed by atoms with E-state index in [0.717, 1.165) is 0 Å². The molecule has 1 aliphatic rings. The summed E-state index contributed by atoms with van der Waals surface area (Å²) in [5, 5.41) is 12.1. The van der Waals surface area contributed by atoms with Crippen LogP contribution in [0.2, 0.25) is 0 Å². The van der Waals surface area contributed by atoms with Crippen LogP contribution in [0.1, 0.15) is 12.8 Å². The summed E-state index contributed by atoms with van der Waals surface area (Å²) < 4.78 is 29.4. The first kappa shape index (κ1) is 12.1. The summed E-state index contributed by atoms with van der Waals surface area (Å²) in [6.45, 7) is 0.626. The molecule has 88 valence electrons. The number of ether oxygens (including phenoxy) is 1. The van der Waals surface area contributed by atoms with E-state index in [2.05, 4.69) is 10.1 Å². The molecule has 1 rings (SSSR count). The summed E-state index contributed by atoms with van der Waals surface area (Å²) >= 11 is 0. The number of alkyl halides is 2. The Kier molecular flexibility index (Phi) is 3.81. The number of amides is 1. The number of piperidine rings is 1. The molecule has 4 N–H and O–H groups in total. The van der Waals surface area contributed by atoms with Crippen LogP contribution in [0.15, 0.2) is 0 Å². The van der Waals surface area contributed by atoms with Crippen LogP contribution in [-0.2, 0) is 4.74 Å². The second-order valence-electron chi connectivity index (χ2n) is 3.55. The van der Waals surface area contributed by atoms with Gasteiger partial charge in [-0.3, -0.25) is 0 Å². The SMILES string of the molecule is NC(=O)OC1(C(O)C(F)F)CCCNC1. The van der Waals surface area contributed by atoms with Crippen LogP contribution in [0.25, 0.3) is 0 Å². The lowest BCUT2D eigenvalue weighted by molar-refractivity contribution is -0.145. The zero-order valence-electron chi connectivity index (χ0n) is 8.08. The second-order valence-corrected chi connectivity index (χ2v) is 3.55. The Morgan fingerprint density at radius 2 is 2.27 bits per heavy atom. The van der Waals surface area contributed by atoms with Crippen molar-refractivity contribution in [2.24, 2.45) is 5.73 Å². The van der Waals surface area contributed by atoms with E-state index in [9.17, 15) is 18.7 Å². The Bertz CT molecular complexity index is 232. The van der Waals surface area contributed by atoms with Crippen molar-refractivity contribution in [1.82, 2.24) is 5.32 Å². The van der Waals surface area contributed by atoms with Crippen LogP contribution < -0.4 is 11.1 Å². The fourth-order valence-corrected chi connectivity index (χ4v) is 1.73. The summed E-state index contributed by atoms with van der Waals surface area (Å²) in [6.07, 6.45) is -5.42. The molecule has 0 aliphatic carbocycles. The molecule has 2 unspecified atom stereocenters. The first-order valence-electron chi connectivity index (χ1n) is 4.63. The molecule has 1 aliphatic heterocycles. The first-order chi connectivity index (χ1) is 6.98. The highest BCUT2D eigenvalue weighted by Gasteiger charge is 2.47. The van der Waals surface area contributed by atoms with Gasteiger partial charge in [0, 0.05) is 6.54 Å². The van der Waals surface area contributed by atoms with Gasteiger partial charge in [-0.1, -0.05) is 0 Å². The van der Waals surface area contributed by atoms with Crippen molar-refractivity contribution in [3.05, 3.63) is 0 Å². The van der Waals surface area contributed by atoms with Gasteiger partial charge in [0.1, 0.15) is 0 Å². The van der Waals surface area contributed by atoms with Crippen LogP contribution in [-0.4, -0.2) is 42.4 Å². The van der Waals surface area contributed by atoms with E-state index in [1.165, 1.54) is 0 Å². The molecule has 0 aromatic rings. The van der Waals surface area contributed by atoms with Gasteiger partial charge in [-0.2, -0.15) is 0 Å². The van der Waals surface area contributed by atoms with E-state index in [4.69, 9.17) is 5.73 Å². The number of carbonyl (C=O) groups is 1. The Morgan fingerprint density at radius 1 is 1.60 bits per heavy atom. The van der Waals surface area contributed by atoms with E-state index in [1.54, 1.807) is 0 Å². The number of nitrogens with one attached hydrogen (secondary N) is 1. The Balaban J connectivity index is 2.78.